The van der Waals surface area contributed by atoms with Crippen molar-refractivity contribution in [2.45, 2.75) is 29.4 Å². The molecule has 0 amide bonds. The fourth-order valence-corrected chi connectivity index (χ4v) is 1.50. The first-order valence-corrected chi connectivity index (χ1v) is 4.44. The van der Waals surface area contributed by atoms with Gasteiger partial charge in [-0.25, -0.2) is 0 Å². The second-order valence-corrected chi connectivity index (χ2v) is 3.73. The third-order valence-corrected chi connectivity index (χ3v) is 2.82. The minimum atomic E-state index is -1.21. The van der Waals surface area contributed by atoms with Crippen LogP contribution < -0.4 is 0 Å². The quantitative estimate of drug-likeness (QED) is 0.407. The van der Waals surface area contributed by atoms with E-state index < -0.39 is 36.0 Å². The molecule has 6 heteroatoms. The van der Waals surface area contributed by atoms with Crippen molar-refractivity contribution in [1.29, 1.82) is 0 Å². The molecule has 5 nitrogen and oxygen atoms in total. The van der Waals surface area contributed by atoms with Crippen molar-refractivity contribution in [1.82, 2.24) is 0 Å². The van der Waals surface area contributed by atoms with E-state index >= 15 is 0 Å². The first-order valence-electron chi connectivity index (χ1n) is 3.52. The minimum absolute atomic E-state index is 0.436. The zero-order chi connectivity index (χ0) is 9.30. The van der Waals surface area contributed by atoms with E-state index in [1.54, 1.807) is 0 Å². The van der Waals surface area contributed by atoms with E-state index in [0.717, 1.165) is 0 Å². The highest BCUT2D eigenvalue weighted by Gasteiger charge is 2.42. The number of aliphatic hydroxyl groups is 4. The van der Waals surface area contributed by atoms with Crippen LogP contribution in [0.4, 0.5) is 0 Å². The molecule has 1 heterocycles. The molecule has 0 bridgehead atoms. The molecule has 0 aromatic rings. The van der Waals surface area contributed by atoms with Crippen LogP contribution in [0.2, 0.25) is 0 Å². The summed E-state index contributed by atoms with van der Waals surface area (Å²) < 4.78 is 4.78. The predicted octanol–water partition coefficient (Wildman–Crippen LogP) is -1.82. The van der Waals surface area contributed by atoms with Crippen LogP contribution >= 0.6 is 15.9 Å². The average Bonchev–Trinajstić information content (AvgIpc) is 2.08. The summed E-state index contributed by atoms with van der Waals surface area (Å²) in [4.78, 5) is -0.727. The Labute approximate surface area is 77.7 Å². The van der Waals surface area contributed by atoms with Crippen molar-refractivity contribution < 1.29 is 25.2 Å². The van der Waals surface area contributed by atoms with E-state index in [1.807, 2.05) is 0 Å². The van der Waals surface area contributed by atoms with Crippen LogP contribution in [0.25, 0.3) is 0 Å². The maximum absolute atomic E-state index is 9.27. The maximum atomic E-state index is 9.27. The van der Waals surface area contributed by atoms with Gasteiger partial charge >= 0.3 is 0 Å². The number of hydrogen-bond acceptors (Lipinski definition) is 5. The lowest BCUT2D eigenvalue weighted by atomic mass is 10.0. The Kier molecular flexibility index (Phi) is 3.45. The van der Waals surface area contributed by atoms with Gasteiger partial charge in [0, 0.05) is 0 Å². The average molecular weight is 243 g/mol. The fraction of sp³-hybridized carbons (Fsp3) is 1.00. The van der Waals surface area contributed by atoms with Gasteiger partial charge in [0.05, 0.1) is 17.5 Å². The lowest BCUT2D eigenvalue weighted by Gasteiger charge is -2.37. The molecule has 0 aromatic carbocycles. The van der Waals surface area contributed by atoms with Crippen LogP contribution in [-0.4, -0.2) is 56.5 Å². The Balaban J connectivity index is 2.63. The smallest absolute Gasteiger partial charge is 0.170 e. The van der Waals surface area contributed by atoms with E-state index in [1.165, 1.54) is 0 Å². The Morgan fingerprint density at radius 2 is 1.75 bits per heavy atom. The van der Waals surface area contributed by atoms with Crippen LogP contribution in [0.15, 0.2) is 0 Å². The number of hydrogen-bond donors (Lipinski definition) is 4. The zero-order valence-corrected chi connectivity index (χ0v) is 7.75. The van der Waals surface area contributed by atoms with Crippen molar-refractivity contribution in [3.8, 4) is 0 Å². The molecular weight excluding hydrogens is 232 g/mol. The summed E-state index contributed by atoms with van der Waals surface area (Å²) in [7, 11) is 0. The largest absolute Gasteiger partial charge is 0.394 e. The summed E-state index contributed by atoms with van der Waals surface area (Å²) in [5.74, 6) is 0. The van der Waals surface area contributed by atoms with Crippen LogP contribution in [-0.2, 0) is 4.74 Å². The summed E-state index contributed by atoms with van der Waals surface area (Å²) in [6.07, 6.45) is -4.45. The predicted molar refractivity (Wildman–Crippen MR) is 42.7 cm³/mol. The third kappa shape index (κ3) is 1.78. The molecule has 0 saturated carbocycles. The molecular formula is C6H11BrO5. The number of alkyl halides is 1. The Morgan fingerprint density at radius 1 is 1.17 bits per heavy atom. The number of rotatable bonds is 1. The molecule has 2 unspecified atom stereocenters. The van der Waals surface area contributed by atoms with Crippen molar-refractivity contribution in [3.05, 3.63) is 0 Å². The highest BCUT2D eigenvalue weighted by atomic mass is 79.9. The van der Waals surface area contributed by atoms with E-state index in [2.05, 4.69) is 15.9 Å². The molecule has 0 aromatic heterocycles. The van der Waals surface area contributed by atoms with Gasteiger partial charge in [-0.2, -0.15) is 0 Å². The van der Waals surface area contributed by atoms with Crippen molar-refractivity contribution >= 4 is 15.9 Å². The second-order valence-electron chi connectivity index (χ2n) is 2.67. The van der Waals surface area contributed by atoms with Crippen molar-refractivity contribution in [3.63, 3.8) is 0 Å². The van der Waals surface area contributed by atoms with Crippen LogP contribution in [0.3, 0.4) is 0 Å². The molecule has 1 aliphatic rings. The molecule has 0 aliphatic carbocycles. The molecule has 5 atom stereocenters. The first kappa shape index (κ1) is 10.4. The van der Waals surface area contributed by atoms with E-state index in [-0.39, 0.29) is 0 Å². The van der Waals surface area contributed by atoms with Crippen molar-refractivity contribution in [2.75, 3.05) is 6.61 Å². The van der Waals surface area contributed by atoms with Crippen molar-refractivity contribution in [2.24, 2.45) is 0 Å². The SMILES string of the molecule is OCC1OC(O)[C@H](Br)[C@@H](O)[C@H]1O. The topological polar surface area (TPSA) is 90.2 Å². The van der Waals surface area contributed by atoms with Gasteiger partial charge in [0.2, 0.25) is 0 Å². The van der Waals surface area contributed by atoms with Gasteiger partial charge in [-0.1, -0.05) is 15.9 Å². The fourth-order valence-electron chi connectivity index (χ4n) is 1.06. The van der Waals surface area contributed by atoms with Gasteiger partial charge in [0.15, 0.2) is 6.29 Å². The Hall–Kier alpha value is 0.280. The lowest BCUT2D eigenvalue weighted by molar-refractivity contribution is -0.233. The Bertz CT molecular complexity index is 150. The summed E-state index contributed by atoms with van der Waals surface area (Å²) in [6.45, 7) is -0.436. The van der Waals surface area contributed by atoms with Gasteiger partial charge in [-0.3, -0.25) is 0 Å². The molecule has 4 N–H and O–H groups in total. The Morgan fingerprint density at radius 3 is 2.25 bits per heavy atom. The van der Waals surface area contributed by atoms with Gasteiger partial charge < -0.3 is 25.2 Å². The van der Waals surface area contributed by atoms with Gasteiger partial charge in [-0.15, -0.1) is 0 Å². The minimum Gasteiger partial charge on any atom is -0.394 e. The molecule has 1 aliphatic heterocycles. The summed E-state index contributed by atoms with van der Waals surface area (Å²) >= 11 is 2.95. The normalized spacial score (nSPS) is 49.2. The molecule has 1 saturated heterocycles. The molecule has 72 valence electrons. The number of ether oxygens (including phenoxy) is 1. The lowest BCUT2D eigenvalue weighted by Crippen LogP contribution is -2.56. The summed E-state index contributed by atoms with van der Waals surface area (Å²) in [6, 6.07) is 0. The van der Waals surface area contributed by atoms with E-state index in [0.29, 0.717) is 0 Å². The standard InChI is InChI=1S/C6H11BrO5/c7-3-5(10)4(9)2(1-8)12-6(3)11/h2-6,8-11H,1H2/t2?,3-,4+,5-,6?/m1/s1. The molecule has 12 heavy (non-hydrogen) atoms. The molecule has 1 rings (SSSR count). The zero-order valence-electron chi connectivity index (χ0n) is 6.17. The van der Waals surface area contributed by atoms with Crippen LogP contribution in [0.5, 0.6) is 0 Å². The monoisotopic (exact) mass is 242 g/mol. The highest BCUT2D eigenvalue weighted by molar-refractivity contribution is 9.09. The molecule has 0 radical (unpaired) electrons. The third-order valence-electron chi connectivity index (χ3n) is 1.82. The number of halogens is 1. The van der Waals surface area contributed by atoms with Gasteiger partial charge in [0.1, 0.15) is 12.2 Å². The molecule has 0 spiro atoms. The van der Waals surface area contributed by atoms with Gasteiger partial charge in [-0.05, 0) is 0 Å². The van der Waals surface area contributed by atoms with Crippen LogP contribution in [0.1, 0.15) is 0 Å². The second kappa shape index (κ2) is 3.99. The summed E-state index contributed by atoms with van der Waals surface area (Å²) in [5, 5.41) is 36.3. The van der Waals surface area contributed by atoms with E-state index in [9.17, 15) is 10.2 Å². The maximum Gasteiger partial charge on any atom is 0.170 e. The first-order chi connectivity index (χ1) is 5.57. The van der Waals surface area contributed by atoms with Gasteiger partial charge in [0.25, 0.3) is 0 Å². The number of aliphatic hydroxyl groups excluding tert-OH is 4. The van der Waals surface area contributed by atoms with Crippen LogP contribution in [0, 0.1) is 0 Å². The molecule has 1 fully saturated rings. The van der Waals surface area contributed by atoms with E-state index in [4.69, 9.17) is 14.9 Å². The highest BCUT2D eigenvalue weighted by Crippen LogP contribution is 2.24. The summed E-state index contributed by atoms with van der Waals surface area (Å²) in [5.41, 5.74) is 0.